The third-order valence-electron chi connectivity index (χ3n) is 4.63. The Balaban J connectivity index is 1.82. The second-order valence-corrected chi connectivity index (χ2v) is 8.31. The summed E-state index contributed by atoms with van der Waals surface area (Å²) in [5.41, 5.74) is 0.0187. The lowest BCUT2D eigenvalue weighted by atomic mass is 9.96. The monoisotopic (exact) mass is 363 g/mol. The molecule has 25 heavy (non-hydrogen) atoms. The van der Waals surface area contributed by atoms with Crippen molar-refractivity contribution in [3.63, 3.8) is 0 Å². The molecule has 1 aliphatic rings. The van der Waals surface area contributed by atoms with Crippen molar-refractivity contribution in [1.29, 1.82) is 0 Å². The highest BCUT2D eigenvalue weighted by Crippen LogP contribution is 2.48. The molecule has 0 heterocycles. The molecule has 0 bridgehead atoms. The standard InChI is InChI=1S/C18H18FNO4S/c1-20(12-13-4-2-3-5-16(13)19)25(23,24)15-8-6-14(7-9-15)18(10-11-18)17(21)22/h2-9H,10-12H2,1H3,(H,21,22). The number of aliphatic carboxylic acids is 1. The molecular formula is C18H18FNO4S. The first-order valence-corrected chi connectivity index (χ1v) is 9.25. The van der Waals surface area contributed by atoms with Gasteiger partial charge in [0.25, 0.3) is 0 Å². The van der Waals surface area contributed by atoms with Gasteiger partial charge >= 0.3 is 5.97 Å². The van der Waals surface area contributed by atoms with Crippen LogP contribution in [0, 0.1) is 5.82 Å². The van der Waals surface area contributed by atoms with Crippen LogP contribution in [0.3, 0.4) is 0 Å². The predicted molar refractivity (Wildman–Crippen MR) is 90.0 cm³/mol. The van der Waals surface area contributed by atoms with Gasteiger partial charge in [0.05, 0.1) is 10.3 Å². The molecule has 0 aromatic heterocycles. The van der Waals surface area contributed by atoms with E-state index >= 15 is 0 Å². The zero-order chi connectivity index (χ0) is 18.2. The van der Waals surface area contributed by atoms with Gasteiger partial charge in [-0.15, -0.1) is 0 Å². The summed E-state index contributed by atoms with van der Waals surface area (Å²) in [4.78, 5) is 11.4. The number of hydrogen-bond donors (Lipinski definition) is 1. The maximum Gasteiger partial charge on any atom is 0.314 e. The number of carboxylic acid groups (broad SMARTS) is 1. The van der Waals surface area contributed by atoms with Crippen LogP contribution in [0.2, 0.25) is 0 Å². The maximum absolute atomic E-state index is 13.7. The van der Waals surface area contributed by atoms with Gasteiger partial charge in [-0.25, -0.2) is 12.8 Å². The highest BCUT2D eigenvalue weighted by molar-refractivity contribution is 7.89. The second kappa shape index (κ2) is 6.24. The summed E-state index contributed by atoms with van der Waals surface area (Å²) in [6.07, 6.45) is 1.11. The third-order valence-corrected chi connectivity index (χ3v) is 6.44. The summed E-state index contributed by atoms with van der Waals surface area (Å²) in [6.45, 7) is -0.0875. The first kappa shape index (κ1) is 17.6. The molecular weight excluding hydrogens is 345 g/mol. The molecule has 1 saturated carbocycles. The van der Waals surface area contributed by atoms with Gasteiger partial charge in [-0.3, -0.25) is 4.79 Å². The molecule has 0 amide bonds. The van der Waals surface area contributed by atoms with Gasteiger partial charge in [0.2, 0.25) is 10.0 Å². The van der Waals surface area contributed by atoms with E-state index in [4.69, 9.17) is 0 Å². The molecule has 0 spiro atoms. The quantitative estimate of drug-likeness (QED) is 0.856. The Hall–Kier alpha value is -2.25. The first-order chi connectivity index (χ1) is 11.8. The molecule has 2 aromatic rings. The molecule has 0 aliphatic heterocycles. The molecule has 5 nitrogen and oxygen atoms in total. The Bertz CT molecular complexity index is 905. The van der Waals surface area contributed by atoms with E-state index in [1.54, 1.807) is 24.3 Å². The minimum Gasteiger partial charge on any atom is -0.481 e. The zero-order valence-corrected chi connectivity index (χ0v) is 14.5. The number of sulfonamides is 1. The van der Waals surface area contributed by atoms with Gasteiger partial charge in [-0.1, -0.05) is 30.3 Å². The van der Waals surface area contributed by atoms with Crippen LogP contribution in [0.5, 0.6) is 0 Å². The normalized spacial score (nSPS) is 16.0. The fraction of sp³-hybridized carbons (Fsp3) is 0.278. The number of hydrogen-bond acceptors (Lipinski definition) is 3. The number of benzene rings is 2. The van der Waals surface area contributed by atoms with Crippen molar-refractivity contribution in [3.8, 4) is 0 Å². The van der Waals surface area contributed by atoms with E-state index in [9.17, 15) is 22.7 Å². The largest absolute Gasteiger partial charge is 0.481 e. The molecule has 1 N–H and O–H groups in total. The second-order valence-electron chi connectivity index (χ2n) is 6.26. The summed E-state index contributed by atoms with van der Waals surface area (Å²) in [5, 5.41) is 9.30. The molecule has 0 unspecified atom stereocenters. The van der Waals surface area contributed by atoms with E-state index in [2.05, 4.69) is 0 Å². The Morgan fingerprint density at radius 3 is 2.28 bits per heavy atom. The average molecular weight is 363 g/mol. The van der Waals surface area contributed by atoms with E-state index in [-0.39, 0.29) is 17.0 Å². The number of carbonyl (C=O) groups is 1. The van der Waals surface area contributed by atoms with E-state index in [0.29, 0.717) is 18.4 Å². The third kappa shape index (κ3) is 3.17. The van der Waals surface area contributed by atoms with E-state index in [1.807, 2.05) is 0 Å². The highest BCUT2D eigenvalue weighted by atomic mass is 32.2. The molecule has 0 saturated heterocycles. The van der Waals surface area contributed by atoms with Crippen molar-refractivity contribution < 1.29 is 22.7 Å². The van der Waals surface area contributed by atoms with Crippen LogP contribution in [-0.2, 0) is 26.8 Å². The molecule has 132 valence electrons. The lowest BCUT2D eigenvalue weighted by Crippen LogP contribution is -2.27. The minimum atomic E-state index is -3.80. The molecule has 0 atom stereocenters. The maximum atomic E-state index is 13.7. The summed E-state index contributed by atoms with van der Waals surface area (Å²) < 4.78 is 40.1. The Labute approximate surface area is 145 Å². The van der Waals surface area contributed by atoms with Gasteiger partial charge in [0.1, 0.15) is 5.82 Å². The SMILES string of the molecule is CN(Cc1ccccc1F)S(=O)(=O)c1ccc(C2(C(=O)O)CC2)cc1. The van der Waals surface area contributed by atoms with E-state index in [0.717, 1.165) is 4.31 Å². The fourth-order valence-corrected chi connectivity index (χ4v) is 3.98. The van der Waals surface area contributed by atoms with Crippen LogP contribution in [0.4, 0.5) is 4.39 Å². The molecule has 7 heteroatoms. The van der Waals surface area contributed by atoms with Crippen LogP contribution in [-0.4, -0.2) is 30.8 Å². The molecule has 1 fully saturated rings. The van der Waals surface area contributed by atoms with Crippen LogP contribution in [0.1, 0.15) is 24.0 Å². The highest BCUT2D eigenvalue weighted by Gasteiger charge is 2.51. The van der Waals surface area contributed by atoms with Crippen molar-refractivity contribution in [3.05, 3.63) is 65.5 Å². The van der Waals surface area contributed by atoms with E-state index < -0.39 is 27.2 Å². The topological polar surface area (TPSA) is 74.7 Å². The summed E-state index contributed by atoms with van der Waals surface area (Å²) in [6, 6.07) is 11.9. The van der Waals surface area contributed by atoms with Gasteiger partial charge in [-0.05, 0) is 36.6 Å². The van der Waals surface area contributed by atoms with Crippen LogP contribution >= 0.6 is 0 Å². The first-order valence-electron chi connectivity index (χ1n) is 7.81. The van der Waals surface area contributed by atoms with Gasteiger partial charge in [-0.2, -0.15) is 4.31 Å². The van der Waals surface area contributed by atoms with E-state index in [1.165, 1.54) is 31.3 Å². The smallest absolute Gasteiger partial charge is 0.314 e. The summed E-state index contributed by atoms with van der Waals surface area (Å²) in [5.74, 6) is -1.35. The number of nitrogens with zero attached hydrogens (tertiary/aromatic N) is 1. The van der Waals surface area contributed by atoms with Gasteiger partial charge in [0, 0.05) is 19.2 Å². The lowest BCUT2D eigenvalue weighted by molar-refractivity contribution is -0.140. The number of rotatable bonds is 6. The van der Waals surface area contributed by atoms with Gasteiger partial charge in [0.15, 0.2) is 0 Å². The lowest BCUT2D eigenvalue weighted by Gasteiger charge is -2.18. The number of carboxylic acids is 1. The summed E-state index contributed by atoms with van der Waals surface area (Å²) in [7, 11) is -2.41. The molecule has 0 radical (unpaired) electrons. The van der Waals surface area contributed by atoms with Gasteiger partial charge < -0.3 is 5.11 Å². The molecule has 3 rings (SSSR count). The summed E-state index contributed by atoms with van der Waals surface area (Å²) >= 11 is 0. The Morgan fingerprint density at radius 1 is 1.16 bits per heavy atom. The van der Waals surface area contributed by atoms with Crippen LogP contribution in [0.15, 0.2) is 53.4 Å². The molecule has 2 aromatic carbocycles. The van der Waals surface area contributed by atoms with Crippen LogP contribution in [0.25, 0.3) is 0 Å². The van der Waals surface area contributed by atoms with Crippen molar-refractivity contribution in [1.82, 2.24) is 4.31 Å². The van der Waals surface area contributed by atoms with Crippen LogP contribution < -0.4 is 0 Å². The van der Waals surface area contributed by atoms with Crippen molar-refractivity contribution in [2.75, 3.05) is 7.05 Å². The van der Waals surface area contributed by atoms with Crippen molar-refractivity contribution in [2.24, 2.45) is 0 Å². The molecule has 1 aliphatic carbocycles. The van der Waals surface area contributed by atoms with Crippen molar-refractivity contribution in [2.45, 2.75) is 29.7 Å². The minimum absolute atomic E-state index is 0.0521. The Kier molecular flexibility index (Phi) is 4.38. The zero-order valence-electron chi connectivity index (χ0n) is 13.6. The Morgan fingerprint density at radius 2 is 1.76 bits per heavy atom. The fourth-order valence-electron chi connectivity index (χ4n) is 2.83. The average Bonchev–Trinajstić information content (AvgIpc) is 3.39. The number of halogens is 1. The van der Waals surface area contributed by atoms with Crippen molar-refractivity contribution >= 4 is 16.0 Å². The predicted octanol–water partition coefficient (Wildman–Crippen LogP) is 2.76.